The number of benzene rings is 1. The van der Waals surface area contributed by atoms with Gasteiger partial charge < -0.3 is 10.6 Å². The Kier molecular flexibility index (Phi) is 6.39. The van der Waals surface area contributed by atoms with Crippen LogP contribution in [-0.4, -0.2) is 29.1 Å². The summed E-state index contributed by atoms with van der Waals surface area (Å²) in [6, 6.07) is 9.67. The fraction of sp³-hybridized carbons (Fsp3) is 0.263. The van der Waals surface area contributed by atoms with Gasteiger partial charge in [-0.1, -0.05) is 25.5 Å². The van der Waals surface area contributed by atoms with Gasteiger partial charge in [-0.2, -0.15) is 0 Å². The predicted octanol–water partition coefficient (Wildman–Crippen LogP) is 3.07. The number of anilines is 1. The lowest BCUT2D eigenvalue weighted by atomic mass is 10.1. The lowest BCUT2D eigenvalue weighted by Gasteiger charge is -2.08. The van der Waals surface area contributed by atoms with Crippen molar-refractivity contribution in [2.45, 2.75) is 26.7 Å². The lowest BCUT2D eigenvalue weighted by molar-refractivity contribution is 0.0952. The monoisotopic (exact) mass is 339 g/mol. The Labute approximate surface area is 146 Å². The molecule has 0 saturated heterocycles. The molecule has 1 heterocycles. The first-order valence-electron chi connectivity index (χ1n) is 8.18. The lowest BCUT2D eigenvalue weighted by Crippen LogP contribution is -2.25. The Balaban J connectivity index is 2.09. The number of Topliss-reactive ketones (excluding diaryl/α,β-unsaturated/α-hetero) is 1. The first kappa shape index (κ1) is 18.3. The number of ketones is 1. The Hall–Kier alpha value is -3.02. The zero-order chi connectivity index (χ0) is 18.2. The van der Waals surface area contributed by atoms with Gasteiger partial charge in [-0.3, -0.25) is 19.4 Å². The number of hydrogen-bond acceptors (Lipinski definition) is 4. The highest BCUT2D eigenvalue weighted by atomic mass is 16.2. The molecule has 0 atom stereocenters. The molecule has 0 saturated carbocycles. The smallest absolute Gasteiger partial charge is 0.274 e. The van der Waals surface area contributed by atoms with E-state index in [1.165, 1.54) is 19.2 Å². The van der Waals surface area contributed by atoms with Gasteiger partial charge in [0.25, 0.3) is 11.8 Å². The standard InChI is InChI=1S/C19H21N3O3/c1-3-4-9-21-18(24)15-8-10-20-17(12-15)19(25)22-16-7-5-6-14(11-16)13(2)23/h5-8,10-12H,3-4,9H2,1-2H3,(H,21,24)(H,22,25). The summed E-state index contributed by atoms with van der Waals surface area (Å²) in [7, 11) is 0. The van der Waals surface area contributed by atoms with Gasteiger partial charge >= 0.3 is 0 Å². The first-order valence-corrected chi connectivity index (χ1v) is 8.18. The first-order chi connectivity index (χ1) is 12.0. The van der Waals surface area contributed by atoms with Crippen molar-refractivity contribution in [1.29, 1.82) is 0 Å². The van der Waals surface area contributed by atoms with E-state index in [2.05, 4.69) is 15.6 Å². The van der Waals surface area contributed by atoms with Crippen LogP contribution in [0.15, 0.2) is 42.6 Å². The molecule has 0 aliphatic rings. The van der Waals surface area contributed by atoms with Gasteiger partial charge in [0.1, 0.15) is 5.69 Å². The summed E-state index contributed by atoms with van der Waals surface area (Å²) in [6.45, 7) is 4.10. The number of nitrogens with one attached hydrogen (secondary N) is 2. The van der Waals surface area contributed by atoms with Crippen molar-refractivity contribution >= 4 is 23.3 Å². The third-order valence-corrected chi connectivity index (χ3v) is 3.60. The van der Waals surface area contributed by atoms with Crippen LogP contribution in [0.4, 0.5) is 5.69 Å². The third kappa shape index (κ3) is 5.24. The maximum atomic E-state index is 12.3. The zero-order valence-corrected chi connectivity index (χ0v) is 14.3. The second-order valence-corrected chi connectivity index (χ2v) is 5.63. The fourth-order valence-electron chi connectivity index (χ4n) is 2.19. The molecule has 0 spiro atoms. The van der Waals surface area contributed by atoms with Gasteiger partial charge in [-0.15, -0.1) is 0 Å². The van der Waals surface area contributed by atoms with Gasteiger partial charge in [-0.25, -0.2) is 0 Å². The largest absolute Gasteiger partial charge is 0.352 e. The van der Waals surface area contributed by atoms with Crippen molar-refractivity contribution in [2.75, 3.05) is 11.9 Å². The van der Waals surface area contributed by atoms with Crippen molar-refractivity contribution in [2.24, 2.45) is 0 Å². The molecule has 0 aliphatic carbocycles. The van der Waals surface area contributed by atoms with Crippen molar-refractivity contribution < 1.29 is 14.4 Å². The van der Waals surface area contributed by atoms with E-state index in [-0.39, 0.29) is 17.4 Å². The van der Waals surface area contributed by atoms with Crippen LogP contribution in [0.3, 0.4) is 0 Å². The molecule has 1 aromatic carbocycles. The second kappa shape index (κ2) is 8.73. The van der Waals surface area contributed by atoms with Crippen LogP contribution in [0.5, 0.6) is 0 Å². The predicted molar refractivity (Wildman–Crippen MR) is 95.9 cm³/mol. The van der Waals surface area contributed by atoms with Crippen LogP contribution >= 0.6 is 0 Å². The highest BCUT2D eigenvalue weighted by Gasteiger charge is 2.12. The Morgan fingerprint density at radius 1 is 1.04 bits per heavy atom. The number of aromatic nitrogens is 1. The summed E-state index contributed by atoms with van der Waals surface area (Å²) >= 11 is 0. The number of carbonyl (C=O) groups is 3. The minimum absolute atomic E-state index is 0.0834. The highest BCUT2D eigenvalue weighted by Crippen LogP contribution is 2.13. The van der Waals surface area contributed by atoms with E-state index >= 15 is 0 Å². The second-order valence-electron chi connectivity index (χ2n) is 5.63. The number of rotatable bonds is 7. The molecule has 6 nitrogen and oxygen atoms in total. The third-order valence-electron chi connectivity index (χ3n) is 3.60. The van der Waals surface area contributed by atoms with Crippen LogP contribution in [0.2, 0.25) is 0 Å². The molecule has 2 amide bonds. The number of carbonyl (C=O) groups excluding carboxylic acids is 3. The van der Waals surface area contributed by atoms with Gasteiger partial charge in [0.05, 0.1) is 0 Å². The van der Waals surface area contributed by atoms with Crippen molar-refractivity contribution in [3.63, 3.8) is 0 Å². The van der Waals surface area contributed by atoms with Gasteiger partial charge in [0.15, 0.2) is 5.78 Å². The molecule has 0 fully saturated rings. The van der Waals surface area contributed by atoms with Crippen molar-refractivity contribution in [1.82, 2.24) is 10.3 Å². The summed E-state index contributed by atoms with van der Waals surface area (Å²) in [5, 5.41) is 5.49. The minimum Gasteiger partial charge on any atom is -0.352 e. The molecule has 0 bridgehead atoms. The molecule has 0 aliphatic heterocycles. The molecule has 25 heavy (non-hydrogen) atoms. The highest BCUT2D eigenvalue weighted by molar-refractivity contribution is 6.05. The Morgan fingerprint density at radius 3 is 2.56 bits per heavy atom. The van der Waals surface area contributed by atoms with E-state index in [0.717, 1.165) is 12.8 Å². The van der Waals surface area contributed by atoms with Crippen LogP contribution in [-0.2, 0) is 0 Å². The molecular weight excluding hydrogens is 318 g/mol. The van der Waals surface area contributed by atoms with E-state index < -0.39 is 5.91 Å². The van der Waals surface area contributed by atoms with Crippen LogP contribution in [0.1, 0.15) is 57.9 Å². The molecule has 2 rings (SSSR count). The molecule has 2 aromatic rings. The number of hydrogen-bond donors (Lipinski definition) is 2. The van der Waals surface area contributed by atoms with E-state index in [0.29, 0.717) is 23.4 Å². The molecule has 6 heteroatoms. The Morgan fingerprint density at radius 2 is 1.84 bits per heavy atom. The molecule has 0 unspecified atom stereocenters. The summed E-state index contributed by atoms with van der Waals surface area (Å²) in [5.74, 6) is -0.757. The molecule has 0 radical (unpaired) electrons. The van der Waals surface area contributed by atoms with Crippen LogP contribution < -0.4 is 10.6 Å². The zero-order valence-electron chi connectivity index (χ0n) is 14.3. The molecular formula is C19H21N3O3. The van der Waals surface area contributed by atoms with Gasteiger partial charge in [0, 0.05) is 29.6 Å². The van der Waals surface area contributed by atoms with E-state index in [1.807, 2.05) is 6.92 Å². The molecule has 130 valence electrons. The normalized spacial score (nSPS) is 10.2. The van der Waals surface area contributed by atoms with E-state index in [9.17, 15) is 14.4 Å². The maximum Gasteiger partial charge on any atom is 0.274 e. The maximum absolute atomic E-state index is 12.3. The Bertz CT molecular complexity index is 787. The van der Waals surface area contributed by atoms with Crippen LogP contribution in [0.25, 0.3) is 0 Å². The van der Waals surface area contributed by atoms with Crippen molar-refractivity contribution in [3.05, 3.63) is 59.4 Å². The van der Waals surface area contributed by atoms with E-state index in [4.69, 9.17) is 0 Å². The number of unbranched alkanes of at least 4 members (excludes halogenated alkanes) is 1. The summed E-state index contributed by atoms with van der Waals surface area (Å²) in [6.07, 6.45) is 3.32. The van der Waals surface area contributed by atoms with Gasteiger partial charge in [-0.05, 0) is 37.6 Å². The van der Waals surface area contributed by atoms with Crippen molar-refractivity contribution in [3.8, 4) is 0 Å². The average Bonchev–Trinajstić information content (AvgIpc) is 2.62. The SMILES string of the molecule is CCCCNC(=O)c1ccnc(C(=O)Nc2cccc(C(C)=O)c2)c1. The van der Waals surface area contributed by atoms with Crippen LogP contribution in [0, 0.1) is 0 Å². The summed E-state index contributed by atoms with van der Waals surface area (Å²) < 4.78 is 0. The molecule has 1 aromatic heterocycles. The number of pyridine rings is 1. The van der Waals surface area contributed by atoms with Gasteiger partial charge in [0.2, 0.25) is 0 Å². The summed E-state index contributed by atoms with van der Waals surface area (Å²) in [4.78, 5) is 39.8. The molecule has 2 N–H and O–H groups in total. The number of nitrogens with zero attached hydrogens (tertiary/aromatic N) is 1. The fourth-order valence-corrected chi connectivity index (χ4v) is 2.19. The number of amides is 2. The summed E-state index contributed by atoms with van der Waals surface area (Å²) in [5.41, 5.74) is 1.53. The minimum atomic E-state index is -0.441. The topological polar surface area (TPSA) is 88.2 Å². The quantitative estimate of drug-likeness (QED) is 0.599. The van der Waals surface area contributed by atoms with E-state index in [1.54, 1.807) is 30.3 Å². The average molecular weight is 339 g/mol.